The van der Waals surface area contributed by atoms with Gasteiger partial charge in [0.15, 0.2) is 0 Å². The number of hydrogen-bond donors (Lipinski definition) is 4. The molecule has 0 radical (unpaired) electrons. The van der Waals surface area contributed by atoms with Crippen LogP contribution < -0.4 is 15.8 Å². The number of hydrogen-bond acceptors (Lipinski definition) is 7. The van der Waals surface area contributed by atoms with Crippen molar-refractivity contribution in [2.45, 2.75) is 0 Å². The second-order valence-corrected chi connectivity index (χ2v) is 4.71. The van der Waals surface area contributed by atoms with Gasteiger partial charge in [0.1, 0.15) is 29.6 Å². The normalized spacial score (nSPS) is 10.3. The summed E-state index contributed by atoms with van der Waals surface area (Å²) >= 11 is 0. The fourth-order valence-corrected chi connectivity index (χ4v) is 2.28. The Hall–Kier alpha value is -3.60. The molecular weight excluding hydrogens is 294 g/mol. The molecule has 2 aromatic heterocycles. The number of H-pyrrole nitrogens is 1. The van der Waals surface area contributed by atoms with Gasteiger partial charge < -0.3 is 26.2 Å². The van der Waals surface area contributed by atoms with Crippen molar-refractivity contribution >= 4 is 34.4 Å². The maximum atomic E-state index is 9.21. The molecule has 0 amide bonds. The Morgan fingerprint density at radius 2 is 2.26 bits per heavy atom. The lowest BCUT2D eigenvalue weighted by molar-refractivity contribution is 0.417. The van der Waals surface area contributed by atoms with E-state index in [0.29, 0.717) is 45.1 Å². The average molecular weight is 307 g/mol. The van der Waals surface area contributed by atoms with Gasteiger partial charge >= 0.3 is 0 Å². The molecule has 5 N–H and O–H groups in total. The fourth-order valence-electron chi connectivity index (χ4n) is 2.28. The summed E-state index contributed by atoms with van der Waals surface area (Å²) in [6.07, 6.45) is 4.13. The summed E-state index contributed by atoms with van der Waals surface area (Å²) in [6, 6.07) is 5.41. The minimum Gasteiger partial charge on any atom is -0.494 e. The van der Waals surface area contributed by atoms with Gasteiger partial charge in [0, 0.05) is 29.7 Å². The van der Waals surface area contributed by atoms with E-state index in [0.717, 1.165) is 6.21 Å². The van der Waals surface area contributed by atoms with Gasteiger partial charge in [-0.25, -0.2) is 9.97 Å². The van der Waals surface area contributed by atoms with Crippen molar-refractivity contribution in [1.82, 2.24) is 15.0 Å². The molecule has 0 aliphatic carbocycles. The minimum absolute atomic E-state index is 0.435. The highest BCUT2D eigenvalue weighted by Gasteiger charge is 2.14. The fraction of sp³-hybridized carbons (Fsp3) is 0.0667. The van der Waals surface area contributed by atoms with Crippen LogP contribution in [-0.2, 0) is 0 Å². The van der Waals surface area contributed by atoms with Crippen LogP contribution in [0.25, 0.3) is 11.0 Å². The molecule has 3 rings (SSSR count). The van der Waals surface area contributed by atoms with Crippen LogP contribution in [0.2, 0.25) is 0 Å². The molecule has 0 bridgehead atoms. The van der Waals surface area contributed by atoms with Crippen molar-refractivity contribution in [1.29, 1.82) is 10.7 Å². The summed E-state index contributed by atoms with van der Waals surface area (Å²) in [5, 5.41) is 20.3. The maximum absolute atomic E-state index is 9.21. The molecule has 0 spiro atoms. The number of nitrogens with zero attached hydrogens (tertiary/aromatic N) is 3. The van der Waals surface area contributed by atoms with Gasteiger partial charge in [-0.2, -0.15) is 5.26 Å². The van der Waals surface area contributed by atoms with Crippen LogP contribution in [0.4, 0.5) is 17.2 Å². The second-order valence-electron chi connectivity index (χ2n) is 4.71. The Morgan fingerprint density at radius 1 is 1.43 bits per heavy atom. The first kappa shape index (κ1) is 14.3. The Labute approximate surface area is 131 Å². The van der Waals surface area contributed by atoms with Gasteiger partial charge in [-0.05, 0) is 6.07 Å². The lowest BCUT2D eigenvalue weighted by atomic mass is 10.1. The van der Waals surface area contributed by atoms with Crippen LogP contribution >= 0.6 is 0 Å². The smallest absolute Gasteiger partial charge is 0.144 e. The molecular formula is C15H13N7O. The van der Waals surface area contributed by atoms with E-state index < -0.39 is 0 Å². The number of benzene rings is 1. The van der Waals surface area contributed by atoms with Gasteiger partial charge in [0.2, 0.25) is 0 Å². The van der Waals surface area contributed by atoms with Gasteiger partial charge in [-0.3, -0.25) is 0 Å². The number of nitrogens with one attached hydrogen (secondary N) is 3. The molecule has 0 saturated carbocycles. The summed E-state index contributed by atoms with van der Waals surface area (Å²) in [7, 11) is 1.52. The Kier molecular flexibility index (Phi) is 3.52. The van der Waals surface area contributed by atoms with Crippen molar-refractivity contribution in [3.05, 3.63) is 35.8 Å². The van der Waals surface area contributed by atoms with Crippen molar-refractivity contribution in [3.8, 4) is 11.8 Å². The zero-order valence-corrected chi connectivity index (χ0v) is 12.2. The summed E-state index contributed by atoms with van der Waals surface area (Å²) < 4.78 is 5.31. The first-order valence-corrected chi connectivity index (χ1v) is 6.65. The first-order valence-electron chi connectivity index (χ1n) is 6.65. The largest absolute Gasteiger partial charge is 0.494 e. The van der Waals surface area contributed by atoms with E-state index in [-0.39, 0.29) is 0 Å². The maximum Gasteiger partial charge on any atom is 0.144 e. The molecule has 114 valence electrons. The number of nitrogens with two attached hydrogens (primary N) is 1. The Morgan fingerprint density at radius 3 is 2.96 bits per heavy atom. The third kappa shape index (κ3) is 2.40. The molecule has 0 unspecified atom stereocenters. The van der Waals surface area contributed by atoms with Gasteiger partial charge in [-0.1, -0.05) is 0 Å². The van der Waals surface area contributed by atoms with E-state index in [4.69, 9.17) is 15.9 Å². The molecule has 0 aliphatic heterocycles. The van der Waals surface area contributed by atoms with Crippen molar-refractivity contribution in [2.24, 2.45) is 0 Å². The highest BCUT2D eigenvalue weighted by atomic mass is 16.5. The highest BCUT2D eigenvalue weighted by molar-refractivity contribution is 5.95. The van der Waals surface area contributed by atoms with E-state index in [9.17, 15) is 5.26 Å². The zero-order valence-electron chi connectivity index (χ0n) is 12.2. The number of fused-ring (bicyclic) bond motifs is 1. The number of ether oxygens (including phenoxy) is 1. The van der Waals surface area contributed by atoms with E-state index in [1.54, 1.807) is 18.3 Å². The minimum atomic E-state index is 0.435. The summed E-state index contributed by atoms with van der Waals surface area (Å²) in [5.74, 6) is 0.973. The Bertz CT molecular complexity index is 939. The number of anilines is 3. The molecule has 1 aromatic carbocycles. The van der Waals surface area contributed by atoms with E-state index >= 15 is 0 Å². The number of aromatic nitrogens is 3. The SMILES string of the molecule is COc1cc(N)c(C=N)cc1Nc1ncnc2[nH]cc(C#N)c12. The summed E-state index contributed by atoms with van der Waals surface area (Å²) in [5.41, 5.74) is 8.42. The standard InChI is InChI=1S/C15H13N7O/c1-23-12-3-10(18)8(4-16)2-11(12)22-15-13-9(5-17)6-19-14(13)20-7-21-15/h2-4,6-7,16H,18H2,1H3,(H2,19,20,21,22). The lowest BCUT2D eigenvalue weighted by Gasteiger charge is -2.13. The van der Waals surface area contributed by atoms with Crippen LogP contribution in [0.5, 0.6) is 5.75 Å². The molecule has 0 atom stereocenters. The molecule has 3 aromatic rings. The molecule has 0 fully saturated rings. The molecule has 2 heterocycles. The molecule has 8 nitrogen and oxygen atoms in total. The molecule has 23 heavy (non-hydrogen) atoms. The van der Waals surface area contributed by atoms with Gasteiger partial charge in [0.05, 0.1) is 23.7 Å². The number of nitrogen functional groups attached to an aromatic ring is 1. The molecule has 0 aliphatic rings. The third-order valence-corrected chi connectivity index (χ3v) is 3.40. The summed E-state index contributed by atoms with van der Waals surface area (Å²) in [4.78, 5) is 11.2. The zero-order chi connectivity index (χ0) is 16.4. The summed E-state index contributed by atoms with van der Waals surface area (Å²) in [6.45, 7) is 0. The van der Waals surface area contributed by atoms with Crippen LogP contribution in [0.1, 0.15) is 11.1 Å². The molecule has 8 heteroatoms. The Balaban J connectivity index is 2.14. The van der Waals surface area contributed by atoms with E-state index in [1.807, 2.05) is 0 Å². The number of methoxy groups -OCH3 is 1. The highest BCUT2D eigenvalue weighted by Crippen LogP contribution is 2.33. The predicted molar refractivity (Wildman–Crippen MR) is 87.2 cm³/mol. The van der Waals surface area contributed by atoms with Crippen LogP contribution in [0, 0.1) is 16.7 Å². The van der Waals surface area contributed by atoms with Gasteiger partial charge in [0.25, 0.3) is 0 Å². The van der Waals surface area contributed by atoms with Crippen LogP contribution in [0.3, 0.4) is 0 Å². The van der Waals surface area contributed by atoms with Crippen molar-refractivity contribution in [3.63, 3.8) is 0 Å². The first-order chi connectivity index (χ1) is 11.2. The second kappa shape index (κ2) is 5.65. The number of nitriles is 1. The van der Waals surface area contributed by atoms with Gasteiger partial charge in [-0.15, -0.1) is 0 Å². The molecule has 0 saturated heterocycles. The van der Waals surface area contributed by atoms with Crippen LogP contribution in [0.15, 0.2) is 24.7 Å². The van der Waals surface area contributed by atoms with Crippen molar-refractivity contribution in [2.75, 3.05) is 18.2 Å². The lowest BCUT2D eigenvalue weighted by Crippen LogP contribution is -2.02. The average Bonchev–Trinajstić information content (AvgIpc) is 3.00. The number of aromatic amines is 1. The van der Waals surface area contributed by atoms with E-state index in [1.165, 1.54) is 13.4 Å². The third-order valence-electron chi connectivity index (χ3n) is 3.40. The van der Waals surface area contributed by atoms with Crippen molar-refractivity contribution < 1.29 is 4.74 Å². The quantitative estimate of drug-likeness (QED) is 0.430. The topological polar surface area (TPSA) is 136 Å². The number of rotatable bonds is 4. The monoisotopic (exact) mass is 307 g/mol. The van der Waals surface area contributed by atoms with Crippen LogP contribution in [-0.4, -0.2) is 28.3 Å². The van der Waals surface area contributed by atoms with E-state index in [2.05, 4.69) is 26.3 Å². The predicted octanol–water partition coefficient (Wildman–Crippen LogP) is 2.16.